The van der Waals surface area contributed by atoms with Gasteiger partial charge in [-0.3, -0.25) is 9.69 Å². The molecular weight excluding hydrogens is 401 g/mol. The second-order valence-corrected chi connectivity index (χ2v) is 9.27. The molecule has 1 aliphatic rings. The first-order chi connectivity index (χ1) is 13.2. The molecule has 2 unspecified atom stereocenters. The van der Waals surface area contributed by atoms with E-state index >= 15 is 0 Å². The normalized spacial score (nSPS) is 20.8. The Morgan fingerprint density at radius 2 is 2.11 bits per heavy atom. The zero-order valence-corrected chi connectivity index (χ0v) is 17.4. The third-order valence-corrected chi connectivity index (χ3v) is 6.18. The fourth-order valence-corrected chi connectivity index (χ4v) is 4.72. The number of hydrogen-bond acceptors (Lipinski definition) is 6. The minimum atomic E-state index is -0.422. The van der Waals surface area contributed by atoms with Gasteiger partial charge in [0.05, 0.1) is 11.1 Å². The number of likely N-dealkylation sites (tertiary alicyclic amines) is 1. The molecule has 1 aromatic carbocycles. The minimum absolute atomic E-state index is 0.0102. The average molecular weight is 422 g/mol. The van der Waals surface area contributed by atoms with Gasteiger partial charge in [-0.1, -0.05) is 29.0 Å². The van der Waals surface area contributed by atoms with Gasteiger partial charge < -0.3 is 5.32 Å². The first-order valence-electron chi connectivity index (χ1n) is 9.07. The van der Waals surface area contributed by atoms with Crippen molar-refractivity contribution in [2.24, 2.45) is 0 Å². The number of rotatable bonds is 3. The summed E-state index contributed by atoms with van der Waals surface area (Å²) >= 11 is 7.21. The highest BCUT2D eigenvalue weighted by Crippen LogP contribution is 2.40. The zero-order valence-electron chi connectivity index (χ0n) is 15.8. The van der Waals surface area contributed by atoms with Crippen molar-refractivity contribution in [2.45, 2.75) is 44.8 Å². The van der Waals surface area contributed by atoms with Crippen LogP contribution in [-0.4, -0.2) is 37.6 Å². The topological polar surface area (TPSA) is 62.5 Å². The van der Waals surface area contributed by atoms with Crippen molar-refractivity contribution in [2.75, 3.05) is 11.9 Å². The molecule has 0 amide bonds. The van der Waals surface area contributed by atoms with E-state index in [9.17, 15) is 9.18 Å². The van der Waals surface area contributed by atoms with E-state index in [1.54, 1.807) is 6.07 Å². The standard InChI is InChI=1S/C19H21ClFN5OS/c1-19(2,3)25-9-7-14(16(25)11-4-5-12(20)13(21)10-11)23-17-24-26-15(27)6-8-22-18(26)28-17/h4-6,8,10,14,16H,7,9H2,1-3H3,(H,23,24). The van der Waals surface area contributed by atoms with Gasteiger partial charge in [0, 0.05) is 30.4 Å². The lowest BCUT2D eigenvalue weighted by Crippen LogP contribution is -2.43. The Labute approximate surface area is 171 Å². The van der Waals surface area contributed by atoms with E-state index in [-0.39, 0.29) is 28.2 Å². The maximum absolute atomic E-state index is 14.2. The number of fused-ring (bicyclic) bond motifs is 1. The molecule has 3 aromatic rings. The van der Waals surface area contributed by atoms with Crippen molar-refractivity contribution in [3.63, 3.8) is 0 Å². The van der Waals surface area contributed by atoms with Crippen LogP contribution < -0.4 is 10.9 Å². The Balaban J connectivity index is 1.70. The summed E-state index contributed by atoms with van der Waals surface area (Å²) < 4.78 is 15.5. The molecule has 28 heavy (non-hydrogen) atoms. The molecule has 148 valence electrons. The summed E-state index contributed by atoms with van der Waals surface area (Å²) in [5.74, 6) is -0.422. The second-order valence-electron chi connectivity index (χ2n) is 7.91. The lowest BCUT2D eigenvalue weighted by molar-refractivity contribution is 0.118. The highest BCUT2D eigenvalue weighted by Gasteiger charge is 2.41. The number of benzene rings is 1. The first kappa shape index (κ1) is 19.3. The van der Waals surface area contributed by atoms with E-state index in [0.29, 0.717) is 10.1 Å². The maximum atomic E-state index is 14.2. The van der Waals surface area contributed by atoms with Crippen LogP contribution in [0.2, 0.25) is 5.02 Å². The summed E-state index contributed by atoms with van der Waals surface area (Å²) in [4.78, 5) is 19.0. The summed E-state index contributed by atoms with van der Waals surface area (Å²) in [5.41, 5.74) is 0.556. The molecule has 1 aliphatic heterocycles. The molecule has 0 aliphatic carbocycles. The number of nitrogens with zero attached hydrogens (tertiary/aromatic N) is 4. The van der Waals surface area contributed by atoms with Gasteiger partial charge in [0.15, 0.2) is 0 Å². The van der Waals surface area contributed by atoms with Gasteiger partial charge in [-0.2, -0.15) is 4.52 Å². The summed E-state index contributed by atoms with van der Waals surface area (Å²) in [6.45, 7) is 7.31. The van der Waals surface area contributed by atoms with Crippen LogP contribution in [0.4, 0.5) is 9.52 Å². The average Bonchev–Trinajstić information content (AvgIpc) is 3.22. The molecule has 0 spiro atoms. The van der Waals surface area contributed by atoms with Crippen LogP contribution in [0, 0.1) is 5.82 Å². The van der Waals surface area contributed by atoms with Gasteiger partial charge in [-0.25, -0.2) is 9.37 Å². The van der Waals surface area contributed by atoms with Gasteiger partial charge >= 0.3 is 0 Å². The molecule has 6 nitrogen and oxygen atoms in total. The Morgan fingerprint density at radius 3 is 2.79 bits per heavy atom. The van der Waals surface area contributed by atoms with Crippen LogP contribution in [0.3, 0.4) is 0 Å². The van der Waals surface area contributed by atoms with Crippen LogP contribution in [-0.2, 0) is 0 Å². The largest absolute Gasteiger partial charge is 0.355 e. The number of halogens is 2. The Bertz CT molecular complexity index is 1080. The van der Waals surface area contributed by atoms with E-state index < -0.39 is 5.82 Å². The highest BCUT2D eigenvalue weighted by molar-refractivity contribution is 7.20. The molecule has 1 saturated heterocycles. The predicted molar refractivity (Wildman–Crippen MR) is 110 cm³/mol. The van der Waals surface area contributed by atoms with Crippen molar-refractivity contribution >= 4 is 33.0 Å². The quantitative estimate of drug-likeness (QED) is 0.693. The SMILES string of the molecule is CC(C)(C)N1CCC(Nc2nn3c(=O)ccnc3s2)C1c1ccc(Cl)c(F)c1. The monoisotopic (exact) mass is 421 g/mol. The number of nitrogens with one attached hydrogen (secondary N) is 1. The van der Waals surface area contributed by atoms with Crippen molar-refractivity contribution < 1.29 is 4.39 Å². The molecule has 0 saturated carbocycles. The molecular formula is C19H21ClFN5OS. The fourth-order valence-electron chi connectivity index (χ4n) is 3.77. The van der Waals surface area contributed by atoms with Gasteiger partial charge in [-0.15, -0.1) is 5.10 Å². The molecule has 0 radical (unpaired) electrons. The summed E-state index contributed by atoms with van der Waals surface area (Å²) in [6.07, 6.45) is 2.35. The minimum Gasteiger partial charge on any atom is -0.355 e. The lowest BCUT2D eigenvalue weighted by atomic mass is 9.96. The smallest absolute Gasteiger partial charge is 0.275 e. The lowest BCUT2D eigenvalue weighted by Gasteiger charge is -2.38. The molecule has 1 N–H and O–H groups in total. The van der Waals surface area contributed by atoms with Crippen molar-refractivity contribution in [1.29, 1.82) is 0 Å². The first-order valence-corrected chi connectivity index (χ1v) is 10.3. The molecule has 2 atom stereocenters. The number of anilines is 1. The highest BCUT2D eigenvalue weighted by atomic mass is 35.5. The molecule has 3 heterocycles. The third kappa shape index (κ3) is 3.52. The third-order valence-electron chi connectivity index (χ3n) is 5.02. The van der Waals surface area contributed by atoms with Crippen LogP contribution in [0.25, 0.3) is 4.96 Å². The maximum Gasteiger partial charge on any atom is 0.275 e. The Kier molecular flexibility index (Phi) is 4.89. The van der Waals surface area contributed by atoms with Crippen LogP contribution in [0.15, 0.2) is 35.3 Å². The van der Waals surface area contributed by atoms with E-state index in [4.69, 9.17) is 11.6 Å². The van der Waals surface area contributed by atoms with Crippen LogP contribution in [0.5, 0.6) is 0 Å². The van der Waals surface area contributed by atoms with Gasteiger partial charge in [0.25, 0.3) is 5.56 Å². The number of aromatic nitrogens is 3. The van der Waals surface area contributed by atoms with Crippen LogP contribution in [0.1, 0.15) is 38.8 Å². The zero-order chi connectivity index (χ0) is 20.1. The predicted octanol–water partition coefficient (Wildman–Crippen LogP) is 3.97. The van der Waals surface area contributed by atoms with Crippen LogP contribution >= 0.6 is 22.9 Å². The van der Waals surface area contributed by atoms with E-state index in [2.05, 4.69) is 41.1 Å². The van der Waals surface area contributed by atoms with E-state index in [1.807, 2.05) is 6.07 Å². The summed E-state index contributed by atoms with van der Waals surface area (Å²) in [7, 11) is 0. The molecule has 2 aromatic heterocycles. The van der Waals surface area contributed by atoms with Gasteiger partial charge in [0.2, 0.25) is 10.1 Å². The summed E-state index contributed by atoms with van der Waals surface area (Å²) in [6, 6.07) is 6.32. The number of hydrogen-bond donors (Lipinski definition) is 1. The van der Waals surface area contributed by atoms with Crippen molar-refractivity contribution in [3.8, 4) is 0 Å². The molecule has 1 fully saturated rings. The second kappa shape index (κ2) is 7.09. The Morgan fingerprint density at radius 1 is 1.32 bits per heavy atom. The molecule has 9 heteroatoms. The van der Waals surface area contributed by atoms with E-state index in [0.717, 1.165) is 18.5 Å². The Hall–Kier alpha value is -2.03. The molecule has 4 rings (SSSR count). The molecule has 0 bridgehead atoms. The summed E-state index contributed by atoms with van der Waals surface area (Å²) in [5, 5.41) is 8.55. The van der Waals surface area contributed by atoms with Crippen molar-refractivity contribution in [3.05, 3.63) is 57.2 Å². The van der Waals surface area contributed by atoms with Crippen molar-refractivity contribution in [1.82, 2.24) is 19.5 Å². The van der Waals surface area contributed by atoms with Gasteiger partial charge in [-0.05, 0) is 44.9 Å². The van der Waals surface area contributed by atoms with Gasteiger partial charge in [0.1, 0.15) is 5.82 Å². The fraction of sp³-hybridized carbons (Fsp3) is 0.421. The van der Waals surface area contributed by atoms with E-state index in [1.165, 1.54) is 34.2 Å².